The molecule has 0 aromatic heterocycles. The molecule has 67 heavy (non-hydrogen) atoms. The molecule has 6 aliphatic rings. The monoisotopic (exact) mass is 1020 g/mol. The summed E-state index contributed by atoms with van der Waals surface area (Å²) in [5.41, 5.74) is -2.44. The Balaban J connectivity index is 1.31. The van der Waals surface area contributed by atoms with Gasteiger partial charge in [-0.3, -0.25) is 9.59 Å². The van der Waals surface area contributed by atoms with Crippen molar-refractivity contribution in [3.63, 3.8) is 0 Å². The lowest BCUT2D eigenvalue weighted by atomic mass is 9.34. The van der Waals surface area contributed by atoms with Gasteiger partial charge in [0.1, 0.15) is 68.5 Å². The molecule has 6 fully saturated rings. The van der Waals surface area contributed by atoms with E-state index in [-0.39, 0.29) is 23.7 Å². The Morgan fingerprint density at radius 3 is 1.99 bits per heavy atom. The summed E-state index contributed by atoms with van der Waals surface area (Å²) in [6.45, 7) is 14.7. The summed E-state index contributed by atoms with van der Waals surface area (Å²) in [6, 6.07) is 0. The first-order valence-electron chi connectivity index (χ1n) is 23.7. The topological polar surface area (TPSA) is 272 Å². The number of alkyl halides is 3. The molecule has 9 N–H and O–H groups in total. The summed E-state index contributed by atoms with van der Waals surface area (Å²) in [6.07, 6.45) is -12.5. The van der Waals surface area contributed by atoms with Crippen molar-refractivity contribution < 1.29 is 84.0 Å². The zero-order chi connectivity index (χ0) is 50.0. The van der Waals surface area contributed by atoms with E-state index in [2.05, 4.69) is 26.8 Å². The first kappa shape index (κ1) is 55.3. The molecule has 1 unspecified atom stereocenters. The van der Waals surface area contributed by atoms with Crippen LogP contribution in [0.1, 0.15) is 113 Å². The number of aliphatic hydroxyl groups is 9. The van der Waals surface area contributed by atoms with E-state index in [1.54, 1.807) is 0 Å². The predicted octanol–water partition coefficient (Wildman–Crippen LogP) is 2.97. The number of aliphatic hydroxyl groups excluding tert-OH is 9. The van der Waals surface area contributed by atoms with Crippen molar-refractivity contribution in [2.45, 2.75) is 202 Å². The van der Waals surface area contributed by atoms with Gasteiger partial charge in [0.15, 0.2) is 12.6 Å². The molecule has 386 valence electrons. The summed E-state index contributed by atoms with van der Waals surface area (Å²) in [7, 11) is 0. The highest BCUT2D eigenvalue weighted by Crippen LogP contribution is 2.76. The van der Waals surface area contributed by atoms with Crippen molar-refractivity contribution >= 4 is 46.7 Å². The second-order valence-electron chi connectivity index (χ2n) is 22.2. The molecule has 0 aromatic rings. The number of halogens is 3. The van der Waals surface area contributed by atoms with Crippen molar-refractivity contribution in [3.8, 4) is 0 Å². The molecular weight excluding hydrogens is 943 g/mol. The molecule has 0 spiro atoms. The average Bonchev–Trinajstić information content (AvgIpc) is 3.62. The molecule has 21 atom stereocenters. The second-order valence-corrected chi connectivity index (χ2v) is 24.7. The Morgan fingerprint density at radius 2 is 1.37 bits per heavy atom. The Hall–Kier alpha value is -0.970. The summed E-state index contributed by atoms with van der Waals surface area (Å²) >= 11 is 16.9. The van der Waals surface area contributed by atoms with Crippen LogP contribution in [0.5, 0.6) is 0 Å². The number of hydrogen-bond donors (Lipinski definition) is 9. The summed E-state index contributed by atoms with van der Waals surface area (Å²) in [5.74, 6) is -3.22. The van der Waals surface area contributed by atoms with Crippen LogP contribution in [0.2, 0.25) is 0 Å². The van der Waals surface area contributed by atoms with E-state index >= 15 is 0 Å². The van der Waals surface area contributed by atoms with E-state index in [1.165, 1.54) is 0 Å². The van der Waals surface area contributed by atoms with Crippen LogP contribution in [0.4, 0.5) is 0 Å². The molecule has 0 bridgehead atoms. The Morgan fingerprint density at radius 1 is 0.776 bits per heavy atom. The molecule has 0 amide bonds. The van der Waals surface area contributed by atoms with Gasteiger partial charge < -0.3 is 74.4 Å². The van der Waals surface area contributed by atoms with E-state index in [9.17, 15) is 55.5 Å². The fourth-order valence-corrected chi connectivity index (χ4v) is 14.2. The highest BCUT2D eigenvalue weighted by atomic mass is 35.6. The van der Waals surface area contributed by atoms with Crippen LogP contribution in [0.3, 0.4) is 0 Å². The minimum absolute atomic E-state index is 0.0897. The number of allylic oxidation sites excluding steroid dienone is 2. The van der Waals surface area contributed by atoms with E-state index in [4.69, 9.17) is 63.2 Å². The standard InChI is InChI=1S/C47H75Cl3O17/c1-22(2)10-9-13-46(8,67-41-38(61)35(58)33(56)26(19-51)65-41)23-11-15-44(6)32(23)24(52)16-28-43(5)14-12-29(53)42(3,4)39(43)25(18-45(28,44)7)64-40-37(60)36(59)34(57)27(66-40)20-62-30(54)17-31(55)63-21-47(48,49)50/h10,23-29,32-41,51-53,56-61H,9,11-21H2,1-8H3/t23-,24+,25-,26+,27+,28+,29-,32-,33+,34+,35-,36-,37+,38+,39?,40+,41-,43+,44+,45+,46-/m0/s1. The van der Waals surface area contributed by atoms with Crippen LogP contribution >= 0.6 is 34.8 Å². The minimum atomic E-state index is -1.90. The summed E-state index contributed by atoms with van der Waals surface area (Å²) < 4.78 is 33.9. The first-order chi connectivity index (χ1) is 31.0. The van der Waals surface area contributed by atoms with Crippen molar-refractivity contribution in [3.05, 3.63) is 11.6 Å². The lowest BCUT2D eigenvalue weighted by Gasteiger charge is -2.72. The Kier molecular flexibility index (Phi) is 16.9. The normalized spacial score (nSPS) is 46.0. The van der Waals surface area contributed by atoms with Gasteiger partial charge >= 0.3 is 11.9 Å². The van der Waals surface area contributed by atoms with Gasteiger partial charge in [0.05, 0.1) is 30.5 Å². The SMILES string of the molecule is CC(C)=CCC[C@](C)(O[C@@H]1O[C@H](CO)[C@@H](O)[C@H](O)[C@H]1O)[C@H]1CC[C@]2(C)[C@@H]1[C@H](O)C[C@@H]1[C@@]3(C)CC[C@H](O)C(C)(C)C3[C@@H](O[C@@H]3O[C@H](COC(=O)CC(=O)OCC(Cl)(Cl)Cl)[C@@H](O)[C@H](O)[C@H]3O)C[C@]12C. The third-order valence-electron chi connectivity index (χ3n) is 17.5. The highest BCUT2D eigenvalue weighted by Gasteiger charge is 2.74. The molecule has 4 aliphatic carbocycles. The van der Waals surface area contributed by atoms with Gasteiger partial charge in [-0.05, 0) is 117 Å². The first-order valence-corrected chi connectivity index (χ1v) is 24.8. The van der Waals surface area contributed by atoms with E-state index < -0.39 is 149 Å². The number of rotatable bonds is 14. The molecule has 0 radical (unpaired) electrons. The maximum Gasteiger partial charge on any atom is 0.317 e. The minimum Gasteiger partial charge on any atom is -0.462 e. The molecule has 2 saturated heterocycles. The number of carbonyl (C=O) groups excluding carboxylic acids is 2. The maximum atomic E-state index is 12.7. The Bertz CT molecular complexity index is 1780. The van der Waals surface area contributed by atoms with Crippen molar-refractivity contribution in [2.75, 3.05) is 19.8 Å². The summed E-state index contributed by atoms with van der Waals surface area (Å²) in [5, 5.41) is 100. The van der Waals surface area contributed by atoms with E-state index in [0.29, 0.717) is 51.4 Å². The van der Waals surface area contributed by atoms with Gasteiger partial charge in [0.25, 0.3) is 0 Å². The fourth-order valence-electron chi connectivity index (χ4n) is 14.0. The lowest BCUT2D eigenvalue weighted by Crippen LogP contribution is -2.71. The van der Waals surface area contributed by atoms with Gasteiger partial charge in [-0.25, -0.2) is 0 Å². The van der Waals surface area contributed by atoms with Gasteiger partial charge in [0, 0.05) is 0 Å². The van der Waals surface area contributed by atoms with Gasteiger partial charge in [0.2, 0.25) is 3.79 Å². The third kappa shape index (κ3) is 10.6. The highest BCUT2D eigenvalue weighted by molar-refractivity contribution is 6.67. The smallest absolute Gasteiger partial charge is 0.317 e. The number of carbonyl (C=O) groups is 2. The van der Waals surface area contributed by atoms with Crippen LogP contribution in [-0.2, 0) is 38.0 Å². The van der Waals surface area contributed by atoms with Crippen molar-refractivity contribution in [2.24, 2.45) is 45.3 Å². The molecule has 17 nitrogen and oxygen atoms in total. The fraction of sp³-hybridized carbons (Fsp3) is 0.915. The van der Waals surface area contributed by atoms with E-state index in [1.807, 2.05) is 34.6 Å². The quantitative estimate of drug-likeness (QED) is 0.0398. The number of esters is 2. The summed E-state index contributed by atoms with van der Waals surface area (Å²) in [4.78, 5) is 24.8. The predicted molar refractivity (Wildman–Crippen MR) is 242 cm³/mol. The molecule has 2 aliphatic heterocycles. The van der Waals surface area contributed by atoms with Gasteiger partial charge in [-0.15, -0.1) is 0 Å². The van der Waals surface area contributed by atoms with Crippen LogP contribution in [-0.4, -0.2) is 167 Å². The number of hydrogen-bond acceptors (Lipinski definition) is 17. The van der Waals surface area contributed by atoms with Crippen LogP contribution in [0, 0.1) is 45.3 Å². The molecule has 6 rings (SSSR count). The zero-order valence-corrected chi connectivity index (χ0v) is 42.1. The largest absolute Gasteiger partial charge is 0.462 e. The van der Waals surface area contributed by atoms with Crippen molar-refractivity contribution in [1.29, 1.82) is 0 Å². The Labute approximate surface area is 408 Å². The van der Waals surface area contributed by atoms with Crippen LogP contribution in [0.15, 0.2) is 11.6 Å². The molecule has 2 heterocycles. The second kappa shape index (κ2) is 20.5. The van der Waals surface area contributed by atoms with Crippen LogP contribution in [0.25, 0.3) is 0 Å². The number of fused-ring (bicyclic) bond motifs is 5. The molecule has 4 saturated carbocycles. The molecular formula is C47H75Cl3O17. The van der Waals surface area contributed by atoms with Crippen molar-refractivity contribution in [1.82, 2.24) is 0 Å². The molecule has 0 aromatic carbocycles. The van der Waals surface area contributed by atoms with E-state index in [0.717, 1.165) is 5.57 Å². The maximum absolute atomic E-state index is 12.7. The number of ether oxygens (including phenoxy) is 6. The van der Waals surface area contributed by atoms with Crippen LogP contribution < -0.4 is 0 Å². The zero-order valence-electron chi connectivity index (χ0n) is 39.8. The third-order valence-corrected chi connectivity index (χ3v) is 17.8. The van der Waals surface area contributed by atoms with Gasteiger partial charge in [-0.1, -0.05) is 81.1 Å². The molecule has 20 heteroatoms. The average molecular weight is 1020 g/mol. The lowest BCUT2D eigenvalue weighted by molar-refractivity contribution is -0.350. The van der Waals surface area contributed by atoms with Gasteiger partial charge in [-0.2, -0.15) is 0 Å².